The van der Waals surface area contributed by atoms with Crippen LogP contribution in [0.2, 0.25) is 0 Å². The number of hydrogen-bond acceptors (Lipinski definition) is 4. The molecular weight excluding hydrogens is 304 g/mol. The third-order valence-corrected chi connectivity index (χ3v) is 3.27. The minimum Gasteiger partial charge on any atom is -0.545 e. The first-order valence-corrected chi connectivity index (χ1v) is 7.53. The van der Waals surface area contributed by atoms with Crippen LogP contribution in [0.4, 0.5) is 11.4 Å². The van der Waals surface area contributed by atoms with Gasteiger partial charge in [-0.25, -0.2) is 0 Å². The van der Waals surface area contributed by atoms with Crippen molar-refractivity contribution in [2.75, 3.05) is 5.32 Å². The SMILES string of the molecule is CC(C)(C)C(=O)Nc1cccc(C=Nc2cccc(C(=O)[O-])c2)c1. The van der Waals surface area contributed by atoms with Crippen LogP contribution in [0, 0.1) is 5.41 Å². The first-order chi connectivity index (χ1) is 11.3. The fourth-order valence-electron chi connectivity index (χ4n) is 1.88. The van der Waals surface area contributed by atoms with Crippen LogP contribution in [0.25, 0.3) is 0 Å². The number of carboxylic acid groups (broad SMARTS) is 1. The summed E-state index contributed by atoms with van der Waals surface area (Å²) >= 11 is 0. The molecule has 0 atom stereocenters. The number of carbonyl (C=O) groups is 2. The van der Waals surface area contributed by atoms with E-state index in [2.05, 4.69) is 10.3 Å². The van der Waals surface area contributed by atoms with Gasteiger partial charge in [0.25, 0.3) is 0 Å². The van der Waals surface area contributed by atoms with E-state index >= 15 is 0 Å². The Balaban J connectivity index is 2.16. The van der Waals surface area contributed by atoms with Crippen molar-refractivity contribution in [2.24, 2.45) is 10.4 Å². The molecule has 0 fully saturated rings. The van der Waals surface area contributed by atoms with Crippen LogP contribution in [0.3, 0.4) is 0 Å². The van der Waals surface area contributed by atoms with Gasteiger partial charge < -0.3 is 15.2 Å². The number of anilines is 1. The lowest BCUT2D eigenvalue weighted by Crippen LogP contribution is -2.27. The third-order valence-electron chi connectivity index (χ3n) is 3.27. The molecule has 124 valence electrons. The maximum atomic E-state index is 12.0. The molecule has 1 N–H and O–H groups in total. The maximum absolute atomic E-state index is 12.0. The van der Waals surface area contributed by atoms with Crippen molar-refractivity contribution < 1.29 is 14.7 Å². The second-order valence-electron chi connectivity index (χ2n) is 6.43. The number of carbonyl (C=O) groups excluding carboxylic acids is 2. The Hall–Kier alpha value is -2.95. The van der Waals surface area contributed by atoms with Crippen molar-refractivity contribution in [2.45, 2.75) is 20.8 Å². The van der Waals surface area contributed by atoms with E-state index in [0.29, 0.717) is 11.4 Å². The summed E-state index contributed by atoms with van der Waals surface area (Å²) in [6.07, 6.45) is 1.61. The van der Waals surface area contributed by atoms with Crippen molar-refractivity contribution in [3.63, 3.8) is 0 Å². The van der Waals surface area contributed by atoms with E-state index in [1.54, 1.807) is 30.5 Å². The molecule has 0 saturated carbocycles. The number of hydrogen-bond donors (Lipinski definition) is 1. The highest BCUT2D eigenvalue weighted by Gasteiger charge is 2.20. The lowest BCUT2D eigenvalue weighted by Gasteiger charge is -2.17. The monoisotopic (exact) mass is 323 g/mol. The molecular formula is C19H19N2O3-. The predicted molar refractivity (Wildman–Crippen MR) is 92.6 cm³/mol. The minimum absolute atomic E-state index is 0.0711. The zero-order valence-corrected chi connectivity index (χ0v) is 13.9. The summed E-state index contributed by atoms with van der Waals surface area (Å²) in [5.74, 6) is -1.31. The standard InChI is InChI=1S/C19H20N2O3/c1-19(2,3)18(24)21-16-9-4-6-13(10-16)12-20-15-8-5-7-14(11-15)17(22)23/h4-12H,1-3H3,(H,21,24)(H,22,23)/p-1. The number of amides is 1. The van der Waals surface area contributed by atoms with E-state index in [-0.39, 0.29) is 11.5 Å². The molecule has 0 heterocycles. The highest BCUT2D eigenvalue weighted by Crippen LogP contribution is 2.18. The fraction of sp³-hybridized carbons (Fsp3) is 0.211. The Morgan fingerprint density at radius 1 is 1.08 bits per heavy atom. The number of nitrogens with zero attached hydrogens (tertiary/aromatic N) is 1. The predicted octanol–water partition coefficient (Wildman–Crippen LogP) is 2.79. The van der Waals surface area contributed by atoms with Crippen LogP contribution < -0.4 is 10.4 Å². The first kappa shape index (κ1) is 17.4. The molecule has 0 aliphatic rings. The molecule has 0 bridgehead atoms. The molecule has 0 spiro atoms. The fourth-order valence-corrected chi connectivity index (χ4v) is 1.88. The van der Waals surface area contributed by atoms with Crippen molar-refractivity contribution in [3.8, 4) is 0 Å². The lowest BCUT2D eigenvalue weighted by molar-refractivity contribution is -0.255. The van der Waals surface area contributed by atoms with E-state index in [0.717, 1.165) is 5.56 Å². The van der Waals surface area contributed by atoms with Gasteiger partial charge in [-0.3, -0.25) is 9.79 Å². The summed E-state index contributed by atoms with van der Waals surface area (Å²) in [7, 11) is 0. The van der Waals surface area contributed by atoms with Crippen molar-refractivity contribution in [1.29, 1.82) is 0 Å². The Kier molecular flexibility index (Phi) is 5.14. The Bertz CT molecular complexity index is 789. The summed E-state index contributed by atoms with van der Waals surface area (Å²) in [6.45, 7) is 5.54. The third kappa shape index (κ3) is 4.78. The number of carboxylic acids is 1. The second-order valence-corrected chi connectivity index (χ2v) is 6.43. The van der Waals surface area contributed by atoms with Crippen molar-refractivity contribution >= 4 is 29.5 Å². The molecule has 0 aliphatic carbocycles. The van der Waals surface area contributed by atoms with Gasteiger partial charge in [-0.15, -0.1) is 0 Å². The highest BCUT2D eigenvalue weighted by atomic mass is 16.4. The molecule has 0 saturated heterocycles. The minimum atomic E-state index is -1.24. The van der Waals surface area contributed by atoms with Gasteiger partial charge in [0.2, 0.25) is 5.91 Å². The van der Waals surface area contributed by atoms with E-state index in [1.807, 2.05) is 32.9 Å². The number of rotatable bonds is 4. The topological polar surface area (TPSA) is 81.6 Å². The molecule has 0 aliphatic heterocycles. The second kappa shape index (κ2) is 7.08. The van der Waals surface area contributed by atoms with Gasteiger partial charge in [-0.1, -0.05) is 45.0 Å². The molecule has 5 heteroatoms. The Labute approximate surface area is 141 Å². The highest BCUT2D eigenvalue weighted by molar-refractivity contribution is 5.95. The summed E-state index contributed by atoms with van der Waals surface area (Å²) in [5, 5.41) is 13.7. The van der Waals surface area contributed by atoms with Gasteiger partial charge in [-0.05, 0) is 35.4 Å². The molecule has 0 radical (unpaired) electrons. The largest absolute Gasteiger partial charge is 0.545 e. The smallest absolute Gasteiger partial charge is 0.229 e. The van der Waals surface area contributed by atoms with Crippen molar-refractivity contribution in [1.82, 2.24) is 0 Å². The maximum Gasteiger partial charge on any atom is 0.229 e. The number of benzene rings is 2. The number of nitrogens with one attached hydrogen (secondary N) is 1. The van der Waals surface area contributed by atoms with Gasteiger partial charge >= 0.3 is 0 Å². The number of aromatic carboxylic acids is 1. The van der Waals surface area contributed by atoms with Gasteiger partial charge in [0, 0.05) is 17.3 Å². The van der Waals surface area contributed by atoms with Crippen LogP contribution in [0.15, 0.2) is 53.5 Å². The van der Waals surface area contributed by atoms with Crippen LogP contribution in [0.1, 0.15) is 36.7 Å². The molecule has 5 nitrogen and oxygen atoms in total. The average molecular weight is 323 g/mol. The normalized spacial score (nSPS) is 11.5. The Morgan fingerprint density at radius 2 is 1.79 bits per heavy atom. The Morgan fingerprint density at radius 3 is 2.46 bits per heavy atom. The summed E-state index contributed by atoms with van der Waals surface area (Å²) in [4.78, 5) is 27.1. The zero-order chi connectivity index (χ0) is 17.7. The molecule has 1 amide bonds. The van der Waals surface area contributed by atoms with Crippen LogP contribution in [-0.4, -0.2) is 18.1 Å². The average Bonchev–Trinajstić information content (AvgIpc) is 2.52. The lowest BCUT2D eigenvalue weighted by atomic mass is 9.95. The molecule has 2 rings (SSSR count). The summed E-state index contributed by atoms with van der Waals surface area (Å²) in [6, 6.07) is 13.5. The van der Waals surface area contributed by atoms with Crippen molar-refractivity contribution in [3.05, 3.63) is 59.7 Å². The van der Waals surface area contributed by atoms with E-state index in [1.165, 1.54) is 12.1 Å². The van der Waals surface area contributed by atoms with Gasteiger partial charge in [0.1, 0.15) is 0 Å². The summed E-state index contributed by atoms with van der Waals surface area (Å²) < 4.78 is 0. The van der Waals surface area contributed by atoms with E-state index in [9.17, 15) is 14.7 Å². The molecule has 2 aromatic rings. The van der Waals surface area contributed by atoms with E-state index < -0.39 is 11.4 Å². The molecule has 0 unspecified atom stereocenters. The molecule has 0 aromatic heterocycles. The van der Waals surface area contributed by atoms with Gasteiger partial charge in [0.05, 0.1) is 11.7 Å². The van der Waals surface area contributed by atoms with Crippen LogP contribution in [-0.2, 0) is 4.79 Å². The zero-order valence-electron chi connectivity index (χ0n) is 13.9. The van der Waals surface area contributed by atoms with Gasteiger partial charge in [-0.2, -0.15) is 0 Å². The summed E-state index contributed by atoms with van der Waals surface area (Å²) in [5.41, 5.74) is 1.59. The van der Waals surface area contributed by atoms with Gasteiger partial charge in [0.15, 0.2) is 0 Å². The van der Waals surface area contributed by atoms with E-state index in [4.69, 9.17) is 0 Å². The first-order valence-electron chi connectivity index (χ1n) is 7.53. The molecule has 2 aromatic carbocycles. The molecule has 24 heavy (non-hydrogen) atoms. The quantitative estimate of drug-likeness (QED) is 0.878. The van der Waals surface area contributed by atoms with Crippen LogP contribution >= 0.6 is 0 Å². The van der Waals surface area contributed by atoms with Crippen LogP contribution in [0.5, 0.6) is 0 Å². The number of aliphatic imine (C=N–C) groups is 1.